The smallest absolute Gasteiger partial charge is 0.243 e. The van der Waals surface area contributed by atoms with Crippen molar-refractivity contribution in [2.75, 3.05) is 39.3 Å². The fourth-order valence-electron chi connectivity index (χ4n) is 10.5. The van der Waals surface area contributed by atoms with E-state index < -0.39 is 24.3 Å². The highest BCUT2D eigenvalue weighted by Gasteiger charge is 2.33. The predicted octanol–water partition coefficient (Wildman–Crippen LogP) is 14.5. The van der Waals surface area contributed by atoms with Gasteiger partial charge in [-0.2, -0.15) is 0 Å². The first kappa shape index (κ1) is 65.8. The van der Waals surface area contributed by atoms with E-state index in [9.17, 15) is 24.9 Å². The van der Waals surface area contributed by atoms with E-state index in [1.807, 2.05) is 0 Å². The van der Waals surface area contributed by atoms with Gasteiger partial charge in [0.15, 0.2) is 0 Å². The Bertz CT molecular complexity index is 1090. The summed E-state index contributed by atoms with van der Waals surface area (Å²) in [5.41, 5.74) is 0. The molecule has 69 heavy (non-hydrogen) atoms. The van der Waals surface area contributed by atoms with Crippen molar-refractivity contribution in [3.05, 3.63) is 0 Å². The monoisotopic (exact) mass is 977 g/mol. The summed E-state index contributed by atoms with van der Waals surface area (Å²) in [6.45, 7) is 13.6. The molecule has 2 amide bonds. The van der Waals surface area contributed by atoms with Crippen molar-refractivity contribution in [1.29, 1.82) is 0 Å². The van der Waals surface area contributed by atoms with Crippen molar-refractivity contribution >= 4 is 11.8 Å². The topological polar surface area (TPSA) is 125 Å². The molecular formula is C60H120N4O5. The zero-order chi connectivity index (χ0) is 50.3. The summed E-state index contributed by atoms with van der Waals surface area (Å²) in [5, 5.41) is 39.3. The van der Waals surface area contributed by atoms with Gasteiger partial charge in [-0.05, 0) is 83.8 Å². The SMILES string of the molecule is CCCCCCCCCCCCN(CCCC[C@@H]1NC(=O)[C@@H](CCCCN(C[C@H](O)CCCCCCCCCC)C[C@H](O)CCCCCCCCCC)NC1=O)C[C@H](O)CCCCCCCCCC. The fraction of sp³-hybridized carbons (Fsp3) is 0.967. The summed E-state index contributed by atoms with van der Waals surface area (Å²) in [4.78, 5) is 31.3. The van der Waals surface area contributed by atoms with E-state index in [4.69, 9.17) is 0 Å². The number of unbranched alkanes of at least 4 members (excludes halogenated alkanes) is 32. The van der Waals surface area contributed by atoms with Crippen molar-refractivity contribution in [2.24, 2.45) is 0 Å². The van der Waals surface area contributed by atoms with Crippen LogP contribution < -0.4 is 10.6 Å². The average Bonchev–Trinajstić information content (AvgIpc) is 3.33. The predicted molar refractivity (Wildman–Crippen MR) is 296 cm³/mol. The van der Waals surface area contributed by atoms with Gasteiger partial charge in [-0.25, -0.2) is 0 Å². The lowest BCUT2D eigenvalue weighted by atomic mass is 10.0. The first-order valence-corrected chi connectivity index (χ1v) is 30.8. The molecule has 1 aliphatic rings. The summed E-state index contributed by atoms with van der Waals surface area (Å²) in [7, 11) is 0. The summed E-state index contributed by atoms with van der Waals surface area (Å²) in [6, 6.07) is -1.00. The largest absolute Gasteiger partial charge is 0.392 e. The molecule has 5 atom stereocenters. The number of aliphatic hydroxyl groups is 3. The van der Waals surface area contributed by atoms with Crippen LogP contribution in [0.1, 0.15) is 304 Å². The Kier molecular flexibility index (Phi) is 46.7. The van der Waals surface area contributed by atoms with Gasteiger partial charge < -0.3 is 30.9 Å². The molecule has 0 radical (unpaired) electrons. The lowest BCUT2D eigenvalue weighted by Gasteiger charge is -2.30. The van der Waals surface area contributed by atoms with Crippen LogP contribution in [0.25, 0.3) is 0 Å². The molecule has 1 heterocycles. The highest BCUT2D eigenvalue weighted by molar-refractivity contribution is 5.96. The number of nitrogens with zero attached hydrogens (tertiary/aromatic N) is 2. The second kappa shape index (κ2) is 49.0. The molecule has 0 saturated carbocycles. The number of aliphatic hydroxyl groups excluding tert-OH is 3. The third-order valence-electron chi connectivity index (χ3n) is 15.1. The van der Waals surface area contributed by atoms with Gasteiger partial charge >= 0.3 is 0 Å². The van der Waals surface area contributed by atoms with Crippen molar-refractivity contribution in [3.8, 4) is 0 Å². The van der Waals surface area contributed by atoms with E-state index in [1.54, 1.807) is 0 Å². The second-order valence-electron chi connectivity index (χ2n) is 22.1. The number of carbonyl (C=O) groups is 2. The van der Waals surface area contributed by atoms with Crippen LogP contribution in [0.3, 0.4) is 0 Å². The first-order chi connectivity index (χ1) is 33.7. The number of nitrogens with one attached hydrogen (secondary N) is 2. The maximum absolute atomic E-state index is 13.3. The van der Waals surface area contributed by atoms with Crippen molar-refractivity contribution < 1.29 is 24.9 Å². The number of amides is 2. The molecule has 9 nitrogen and oxygen atoms in total. The minimum absolute atomic E-state index is 0.0719. The molecule has 0 aromatic heterocycles. The van der Waals surface area contributed by atoms with Crippen LogP contribution in [0, 0.1) is 0 Å². The molecule has 0 bridgehead atoms. The molecule has 0 aliphatic carbocycles. The Labute approximate surface area is 429 Å². The summed E-state index contributed by atoms with van der Waals surface area (Å²) < 4.78 is 0. The van der Waals surface area contributed by atoms with E-state index in [2.05, 4.69) is 48.1 Å². The molecule has 9 heteroatoms. The molecule has 0 aromatic carbocycles. The number of carbonyl (C=O) groups excluding carboxylic acids is 2. The van der Waals surface area contributed by atoms with E-state index in [0.29, 0.717) is 25.9 Å². The zero-order valence-electron chi connectivity index (χ0n) is 46.6. The van der Waals surface area contributed by atoms with Crippen LogP contribution in [-0.4, -0.2) is 107 Å². The third kappa shape index (κ3) is 40.9. The van der Waals surface area contributed by atoms with Crippen molar-refractivity contribution in [1.82, 2.24) is 20.4 Å². The molecule has 1 fully saturated rings. The second-order valence-corrected chi connectivity index (χ2v) is 22.1. The molecule has 0 aromatic rings. The van der Waals surface area contributed by atoms with Crippen LogP contribution in [0.15, 0.2) is 0 Å². The van der Waals surface area contributed by atoms with Crippen molar-refractivity contribution in [3.63, 3.8) is 0 Å². The van der Waals surface area contributed by atoms with E-state index in [-0.39, 0.29) is 17.9 Å². The molecular weight excluding hydrogens is 857 g/mol. The molecule has 1 rings (SSSR count). The van der Waals surface area contributed by atoms with E-state index in [1.165, 1.54) is 199 Å². The summed E-state index contributed by atoms with van der Waals surface area (Å²) in [6.07, 6.45) is 49.5. The minimum atomic E-state index is -0.513. The quantitative estimate of drug-likeness (QED) is 0.0384. The third-order valence-corrected chi connectivity index (χ3v) is 15.1. The molecule has 5 N–H and O–H groups in total. The molecule has 1 saturated heterocycles. The number of piperazine rings is 1. The lowest BCUT2D eigenvalue weighted by molar-refractivity contribution is -0.137. The van der Waals surface area contributed by atoms with Crippen LogP contribution in [0.5, 0.6) is 0 Å². The van der Waals surface area contributed by atoms with Crippen LogP contribution in [0.4, 0.5) is 0 Å². The summed E-state index contributed by atoms with van der Waals surface area (Å²) in [5.74, 6) is -0.151. The number of hydrogen-bond donors (Lipinski definition) is 5. The van der Waals surface area contributed by atoms with Gasteiger partial charge in [-0.3, -0.25) is 14.5 Å². The highest BCUT2D eigenvalue weighted by atomic mass is 16.3. The Morgan fingerprint density at radius 3 is 0.870 bits per heavy atom. The number of rotatable bonds is 54. The van der Waals surface area contributed by atoms with Crippen LogP contribution >= 0.6 is 0 Å². The van der Waals surface area contributed by atoms with E-state index in [0.717, 1.165) is 90.4 Å². The lowest BCUT2D eigenvalue weighted by Crippen LogP contribution is -2.61. The fourth-order valence-corrected chi connectivity index (χ4v) is 10.5. The Hall–Kier alpha value is -1.26. The summed E-state index contributed by atoms with van der Waals surface area (Å²) >= 11 is 0. The van der Waals surface area contributed by atoms with Crippen molar-refractivity contribution in [2.45, 2.75) is 334 Å². The maximum Gasteiger partial charge on any atom is 0.243 e. The maximum atomic E-state index is 13.3. The van der Waals surface area contributed by atoms with Gasteiger partial charge in [-0.1, -0.05) is 240 Å². The van der Waals surface area contributed by atoms with Gasteiger partial charge in [0.05, 0.1) is 18.3 Å². The van der Waals surface area contributed by atoms with Crippen LogP contribution in [0.2, 0.25) is 0 Å². The van der Waals surface area contributed by atoms with E-state index >= 15 is 0 Å². The molecule has 0 unspecified atom stereocenters. The standard InChI is InChI=1S/C60H120N4O5/c1-5-9-13-17-21-25-26-30-34-40-48-63(51-54(65)43-35-31-27-22-18-14-10-6-2)49-41-38-46-57-59(68)62-58(60(69)61-57)47-39-42-50-64(52-55(66)44-36-32-28-23-19-15-11-7-3)53-56(67)45-37-33-29-24-20-16-12-8-4/h54-58,65-67H,5-53H2,1-4H3,(H,61,69)(H,62,68)/t54-,55-,56-,57+,58-/m1/s1. The molecule has 410 valence electrons. The normalized spacial score (nSPS) is 16.7. The zero-order valence-corrected chi connectivity index (χ0v) is 46.6. The molecule has 1 aliphatic heterocycles. The van der Waals surface area contributed by atoms with Crippen LogP contribution in [-0.2, 0) is 9.59 Å². The van der Waals surface area contributed by atoms with Gasteiger partial charge in [0.2, 0.25) is 11.8 Å². The Balaban J connectivity index is 2.56. The highest BCUT2D eigenvalue weighted by Crippen LogP contribution is 2.18. The Morgan fingerprint density at radius 1 is 0.333 bits per heavy atom. The van der Waals surface area contributed by atoms with Gasteiger partial charge in [0, 0.05) is 19.6 Å². The van der Waals surface area contributed by atoms with Gasteiger partial charge in [-0.15, -0.1) is 0 Å². The van der Waals surface area contributed by atoms with Gasteiger partial charge in [0.25, 0.3) is 0 Å². The molecule has 0 spiro atoms. The van der Waals surface area contributed by atoms with Gasteiger partial charge in [0.1, 0.15) is 12.1 Å². The average molecular weight is 978 g/mol. The first-order valence-electron chi connectivity index (χ1n) is 30.8. The number of hydrogen-bond acceptors (Lipinski definition) is 7. The minimum Gasteiger partial charge on any atom is -0.392 e. The Morgan fingerprint density at radius 2 is 0.565 bits per heavy atom.